The Balaban J connectivity index is 2.26. The summed E-state index contributed by atoms with van der Waals surface area (Å²) >= 11 is 0. The Morgan fingerprint density at radius 1 is 1.44 bits per heavy atom. The summed E-state index contributed by atoms with van der Waals surface area (Å²) in [5.41, 5.74) is 1.20. The number of pyridine rings is 1. The number of rotatable bonds is 6. The molecule has 1 aromatic heterocycles. The van der Waals surface area contributed by atoms with Gasteiger partial charge in [0, 0.05) is 25.5 Å². The normalized spacial score (nSPS) is 10.4. The van der Waals surface area contributed by atoms with Gasteiger partial charge in [-0.05, 0) is 31.7 Å². The van der Waals surface area contributed by atoms with Crippen LogP contribution in [0.2, 0.25) is 0 Å². The summed E-state index contributed by atoms with van der Waals surface area (Å²) < 4.78 is 4.87. The fourth-order valence-electron chi connectivity index (χ4n) is 1.39. The van der Waals surface area contributed by atoms with Gasteiger partial charge in [0.2, 0.25) is 0 Å². The van der Waals surface area contributed by atoms with Crippen LogP contribution in [0.4, 0.5) is 0 Å². The Bertz CT molecular complexity index is 314. The highest BCUT2D eigenvalue weighted by Crippen LogP contribution is 2.01. The third-order valence-corrected chi connectivity index (χ3v) is 2.20. The van der Waals surface area contributed by atoms with Gasteiger partial charge in [-0.15, -0.1) is 0 Å². The molecule has 0 saturated carbocycles. The van der Waals surface area contributed by atoms with Gasteiger partial charge in [0.15, 0.2) is 0 Å². The van der Waals surface area contributed by atoms with Gasteiger partial charge in [-0.25, -0.2) is 0 Å². The van der Waals surface area contributed by atoms with E-state index in [9.17, 15) is 4.79 Å². The van der Waals surface area contributed by atoms with Crippen LogP contribution in [-0.2, 0) is 16.1 Å². The van der Waals surface area contributed by atoms with Crippen LogP contribution in [0.3, 0.4) is 0 Å². The van der Waals surface area contributed by atoms with Crippen molar-refractivity contribution in [1.82, 2.24) is 9.88 Å². The standard InChI is InChI=1S/C12H18N2O2/c1-3-16-12(15)6-9-14(2)10-11-4-7-13-8-5-11/h4-5,7-8H,3,6,9-10H2,1-2H3. The predicted molar refractivity (Wildman–Crippen MR) is 61.8 cm³/mol. The highest BCUT2D eigenvalue weighted by atomic mass is 16.5. The quantitative estimate of drug-likeness (QED) is 0.683. The van der Waals surface area contributed by atoms with Gasteiger partial charge in [0.05, 0.1) is 13.0 Å². The van der Waals surface area contributed by atoms with Gasteiger partial charge < -0.3 is 9.64 Å². The molecule has 0 bridgehead atoms. The summed E-state index contributed by atoms with van der Waals surface area (Å²) in [6.07, 6.45) is 3.98. The van der Waals surface area contributed by atoms with E-state index >= 15 is 0 Å². The SMILES string of the molecule is CCOC(=O)CCN(C)Cc1ccncc1. The minimum Gasteiger partial charge on any atom is -0.466 e. The zero-order valence-electron chi connectivity index (χ0n) is 9.85. The molecule has 0 aliphatic rings. The maximum atomic E-state index is 11.1. The van der Waals surface area contributed by atoms with E-state index in [1.54, 1.807) is 12.4 Å². The molecule has 1 heterocycles. The van der Waals surface area contributed by atoms with Gasteiger partial charge in [0.25, 0.3) is 0 Å². The number of nitrogens with zero attached hydrogens (tertiary/aromatic N) is 2. The van der Waals surface area contributed by atoms with Crippen LogP contribution in [0, 0.1) is 0 Å². The maximum absolute atomic E-state index is 11.1. The molecule has 0 atom stereocenters. The molecule has 4 heteroatoms. The van der Waals surface area contributed by atoms with Crippen LogP contribution in [0.5, 0.6) is 0 Å². The van der Waals surface area contributed by atoms with Crippen molar-refractivity contribution in [3.63, 3.8) is 0 Å². The third kappa shape index (κ3) is 4.89. The smallest absolute Gasteiger partial charge is 0.307 e. The van der Waals surface area contributed by atoms with Crippen molar-refractivity contribution in [3.8, 4) is 0 Å². The minimum atomic E-state index is -0.135. The first kappa shape index (κ1) is 12.6. The molecule has 0 aliphatic carbocycles. The molecular formula is C12H18N2O2. The molecule has 0 saturated heterocycles. The van der Waals surface area contributed by atoms with E-state index < -0.39 is 0 Å². The van der Waals surface area contributed by atoms with Crippen LogP contribution in [0.25, 0.3) is 0 Å². The maximum Gasteiger partial charge on any atom is 0.307 e. The Morgan fingerprint density at radius 3 is 2.75 bits per heavy atom. The molecule has 0 fully saturated rings. The number of hydrogen-bond acceptors (Lipinski definition) is 4. The van der Waals surface area contributed by atoms with Crippen molar-refractivity contribution in [2.75, 3.05) is 20.2 Å². The molecule has 88 valence electrons. The van der Waals surface area contributed by atoms with Crippen molar-refractivity contribution in [2.45, 2.75) is 19.9 Å². The predicted octanol–water partition coefficient (Wildman–Crippen LogP) is 1.47. The second kappa shape index (κ2) is 6.95. The number of carbonyl (C=O) groups is 1. The molecule has 4 nitrogen and oxygen atoms in total. The number of ether oxygens (including phenoxy) is 1. The summed E-state index contributed by atoms with van der Waals surface area (Å²) in [4.78, 5) is 17.2. The van der Waals surface area contributed by atoms with E-state index in [0.29, 0.717) is 19.6 Å². The first-order valence-electron chi connectivity index (χ1n) is 5.45. The first-order valence-corrected chi connectivity index (χ1v) is 5.45. The van der Waals surface area contributed by atoms with Crippen LogP contribution in [0.1, 0.15) is 18.9 Å². The van der Waals surface area contributed by atoms with Crippen molar-refractivity contribution < 1.29 is 9.53 Å². The molecule has 0 radical (unpaired) electrons. The average Bonchev–Trinajstić information content (AvgIpc) is 2.28. The monoisotopic (exact) mass is 222 g/mol. The topological polar surface area (TPSA) is 42.4 Å². The van der Waals surface area contributed by atoms with E-state index in [4.69, 9.17) is 4.74 Å². The lowest BCUT2D eigenvalue weighted by atomic mass is 10.2. The molecule has 0 aliphatic heterocycles. The van der Waals surface area contributed by atoms with Gasteiger partial charge in [0.1, 0.15) is 0 Å². The highest BCUT2D eigenvalue weighted by Gasteiger charge is 2.05. The van der Waals surface area contributed by atoms with Crippen molar-refractivity contribution in [2.24, 2.45) is 0 Å². The summed E-state index contributed by atoms with van der Waals surface area (Å²) in [6.45, 7) is 3.80. The Labute approximate surface area is 96.2 Å². The fourth-order valence-corrected chi connectivity index (χ4v) is 1.39. The molecular weight excluding hydrogens is 204 g/mol. The van der Waals surface area contributed by atoms with Crippen LogP contribution in [-0.4, -0.2) is 36.1 Å². The Hall–Kier alpha value is -1.42. The van der Waals surface area contributed by atoms with Gasteiger partial charge in [-0.2, -0.15) is 0 Å². The van der Waals surface area contributed by atoms with E-state index in [2.05, 4.69) is 9.88 Å². The highest BCUT2D eigenvalue weighted by molar-refractivity contribution is 5.69. The van der Waals surface area contributed by atoms with Crippen LogP contribution in [0.15, 0.2) is 24.5 Å². The molecule has 1 rings (SSSR count). The lowest BCUT2D eigenvalue weighted by Crippen LogP contribution is -2.22. The molecule has 16 heavy (non-hydrogen) atoms. The summed E-state index contributed by atoms with van der Waals surface area (Å²) in [5, 5.41) is 0. The van der Waals surface area contributed by atoms with E-state index in [0.717, 1.165) is 6.54 Å². The third-order valence-electron chi connectivity index (χ3n) is 2.20. The second-order valence-electron chi connectivity index (χ2n) is 3.65. The van der Waals surface area contributed by atoms with E-state index in [-0.39, 0.29) is 5.97 Å². The zero-order chi connectivity index (χ0) is 11.8. The molecule has 0 amide bonds. The fraction of sp³-hybridized carbons (Fsp3) is 0.500. The summed E-state index contributed by atoms with van der Waals surface area (Å²) in [5.74, 6) is -0.135. The van der Waals surface area contributed by atoms with Gasteiger partial charge in [-0.3, -0.25) is 9.78 Å². The minimum absolute atomic E-state index is 0.135. The van der Waals surface area contributed by atoms with Crippen molar-refractivity contribution in [1.29, 1.82) is 0 Å². The Morgan fingerprint density at radius 2 is 2.12 bits per heavy atom. The largest absolute Gasteiger partial charge is 0.466 e. The molecule has 0 N–H and O–H groups in total. The lowest BCUT2D eigenvalue weighted by molar-refractivity contribution is -0.143. The van der Waals surface area contributed by atoms with Crippen molar-refractivity contribution in [3.05, 3.63) is 30.1 Å². The van der Waals surface area contributed by atoms with Gasteiger partial charge >= 0.3 is 5.97 Å². The first-order chi connectivity index (χ1) is 7.72. The Kier molecular flexibility index (Phi) is 5.50. The molecule has 0 spiro atoms. The van der Waals surface area contributed by atoms with E-state index in [1.807, 2.05) is 26.1 Å². The zero-order valence-corrected chi connectivity index (χ0v) is 9.85. The average molecular weight is 222 g/mol. The van der Waals surface area contributed by atoms with Crippen LogP contribution < -0.4 is 0 Å². The lowest BCUT2D eigenvalue weighted by Gasteiger charge is -2.15. The number of esters is 1. The second-order valence-corrected chi connectivity index (χ2v) is 3.65. The molecule has 0 unspecified atom stereocenters. The number of carbonyl (C=O) groups excluding carboxylic acids is 1. The molecule has 0 aromatic carbocycles. The number of aromatic nitrogens is 1. The van der Waals surface area contributed by atoms with Crippen molar-refractivity contribution >= 4 is 5.97 Å². The summed E-state index contributed by atoms with van der Waals surface area (Å²) in [6, 6.07) is 3.95. The van der Waals surface area contributed by atoms with Gasteiger partial charge in [-0.1, -0.05) is 0 Å². The van der Waals surface area contributed by atoms with E-state index in [1.165, 1.54) is 5.56 Å². The molecule has 1 aromatic rings. The summed E-state index contributed by atoms with van der Waals surface area (Å²) in [7, 11) is 1.99. The van der Waals surface area contributed by atoms with Crippen LogP contribution >= 0.6 is 0 Å². The number of hydrogen-bond donors (Lipinski definition) is 0.